The lowest BCUT2D eigenvalue weighted by atomic mass is 10.0. The molecule has 1 aliphatic rings. The van der Waals surface area contributed by atoms with Crippen LogP contribution in [0.1, 0.15) is 23.4 Å². The SMILES string of the molecule is CNC(C)C(Cl)c1ccc2c(c1)SCC2. The zero-order chi connectivity index (χ0) is 10.8. The number of likely N-dealkylation sites (N-methyl/N-ethyl adjacent to an activating group) is 1. The molecule has 1 heterocycles. The van der Waals surface area contributed by atoms with Crippen molar-refractivity contribution < 1.29 is 0 Å². The Morgan fingerprint density at radius 1 is 1.47 bits per heavy atom. The smallest absolute Gasteiger partial charge is 0.0736 e. The van der Waals surface area contributed by atoms with E-state index in [1.807, 2.05) is 18.8 Å². The van der Waals surface area contributed by atoms with E-state index in [1.165, 1.54) is 28.2 Å². The van der Waals surface area contributed by atoms with Crippen LogP contribution >= 0.6 is 23.4 Å². The number of halogens is 1. The molecular formula is C12H16ClNS. The molecule has 15 heavy (non-hydrogen) atoms. The van der Waals surface area contributed by atoms with Crippen molar-refractivity contribution in [3.8, 4) is 0 Å². The first-order valence-corrected chi connectivity index (χ1v) is 6.71. The van der Waals surface area contributed by atoms with Crippen LogP contribution in [0.5, 0.6) is 0 Å². The topological polar surface area (TPSA) is 12.0 Å². The Morgan fingerprint density at radius 3 is 3.00 bits per heavy atom. The van der Waals surface area contributed by atoms with Crippen molar-refractivity contribution in [1.29, 1.82) is 0 Å². The summed E-state index contributed by atoms with van der Waals surface area (Å²) in [5.74, 6) is 1.22. The Labute approximate surface area is 101 Å². The number of hydrogen-bond acceptors (Lipinski definition) is 2. The lowest BCUT2D eigenvalue weighted by molar-refractivity contribution is 0.591. The van der Waals surface area contributed by atoms with Crippen molar-refractivity contribution in [2.24, 2.45) is 0 Å². The quantitative estimate of drug-likeness (QED) is 0.816. The Kier molecular flexibility index (Phi) is 3.60. The third kappa shape index (κ3) is 2.32. The van der Waals surface area contributed by atoms with Gasteiger partial charge in [0.1, 0.15) is 0 Å². The minimum atomic E-state index is 0.0569. The molecule has 0 radical (unpaired) electrons. The summed E-state index contributed by atoms with van der Waals surface area (Å²) in [7, 11) is 1.95. The molecule has 0 saturated carbocycles. The van der Waals surface area contributed by atoms with E-state index < -0.39 is 0 Å². The second-order valence-electron chi connectivity index (χ2n) is 3.94. The molecule has 0 amide bonds. The van der Waals surface area contributed by atoms with E-state index in [1.54, 1.807) is 0 Å². The van der Waals surface area contributed by atoms with Crippen LogP contribution in [-0.4, -0.2) is 18.8 Å². The standard InChI is InChI=1S/C12H16ClNS/c1-8(14-2)12(13)10-4-3-9-5-6-15-11(9)7-10/h3-4,7-8,12,14H,5-6H2,1-2H3. The highest BCUT2D eigenvalue weighted by Gasteiger charge is 2.18. The molecule has 2 unspecified atom stereocenters. The summed E-state index contributed by atoms with van der Waals surface area (Å²) in [6.45, 7) is 2.11. The first-order valence-electron chi connectivity index (χ1n) is 5.29. The van der Waals surface area contributed by atoms with E-state index >= 15 is 0 Å². The van der Waals surface area contributed by atoms with Gasteiger partial charge in [-0.15, -0.1) is 23.4 Å². The molecule has 0 spiro atoms. The highest BCUT2D eigenvalue weighted by molar-refractivity contribution is 7.99. The summed E-state index contributed by atoms with van der Waals surface area (Å²) >= 11 is 8.33. The number of nitrogens with one attached hydrogen (secondary N) is 1. The average Bonchev–Trinajstić information content (AvgIpc) is 2.73. The Morgan fingerprint density at radius 2 is 2.27 bits per heavy atom. The van der Waals surface area contributed by atoms with E-state index in [2.05, 4.69) is 30.4 Å². The van der Waals surface area contributed by atoms with Crippen molar-refractivity contribution in [3.05, 3.63) is 29.3 Å². The van der Waals surface area contributed by atoms with Crippen LogP contribution in [0.25, 0.3) is 0 Å². The van der Waals surface area contributed by atoms with Crippen LogP contribution in [0.3, 0.4) is 0 Å². The van der Waals surface area contributed by atoms with Gasteiger partial charge in [0.05, 0.1) is 5.38 Å². The predicted molar refractivity (Wildman–Crippen MR) is 68.0 cm³/mol. The molecule has 1 aromatic rings. The molecule has 1 N–H and O–H groups in total. The highest BCUT2D eigenvalue weighted by atomic mass is 35.5. The van der Waals surface area contributed by atoms with Crippen LogP contribution in [0.2, 0.25) is 0 Å². The third-order valence-electron chi connectivity index (χ3n) is 2.93. The molecule has 2 rings (SSSR count). The average molecular weight is 242 g/mol. The highest BCUT2D eigenvalue weighted by Crippen LogP contribution is 2.35. The van der Waals surface area contributed by atoms with Gasteiger partial charge in [0.15, 0.2) is 0 Å². The van der Waals surface area contributed by atoms with Crippen molar-refractivity contribution in [1.82, 2.24) is 5.32 Å². The zero-order valence-corrected chi connectivity index (χ0v) is 10.7. The summed E-state index contributed by atoms with van der Waals surface area (Å²) in [5.41, 5.74) is 2.70. The van der Waals surface area contributed by atoms with Gasteiger partial charge in [0.25, 0.3) is 0 Å². The minimum Gasteiger partial charge on any atom is -0.315 e. The maximum absolute atomic E-state index is 6.39. The van der Waals surface area contributed by atoms with Gasteiger partial charge < -0.3 is 5.32 Å². The summed E-state index contributed by atoms with van der Waals surface area (Å²) in [5, 5.41) is 3.25. The van der Waals surface area contributed by atoms with E-state index in [4.69, 9.17) is 11.6 Å². The molecule has 3 heteroatoms. The number of fused-ring (bicyclic) bond motifs is 1. The predicted octanol–water partition coefficient (Wildman–Crippen LogP) is 3.22. The number of rotatable bonds is 3. The molecular weight excluding hydrogens is 226 g/mol. The molecule has 1 aromatic carbocycles. The fourth-order valence-corrected chi connectivity index (χ4v) is 3.17. The normalized spacial score (nSPS) is 18.6. The number of hydrogen-bond donors (Lipinski definition) is 1. The minimum absolute atomic E-state index is 0.0569. The Bertz CT molecular complexity index is 353. The summed E-state index contributed by atoms with van der Waals surface area (Å²) in [4.78, 5) is 1.42. The third-order valence-corrected chi connectivity index (χ3v) is 4.66. The van der Waals surface area contributed by atoms with E-state index in [0.29, 0.717) is 6.04 Å². The summed E-state index contributed by atoms with van der Waals surface area (Å²) in [6, 6.07) is 6.94. The van der Waals surface area contributed by atoms with Gasteiger partial charge in [0.2, 0.25) is 0 Å². The zero-order valence-electron chi connectivity index (χ0n) is 9.09. The Balaban J connectivity index is 2.22. The van der Waals surface area contributed by atoms with Crippen molar-refractivity contribution in [2.45, 2.75) is 29.7 Å². The van der Waals surface area contributed by atoms with E-state index in [0.717, 1.165) is 0 Å². The van der Waals surface area contributed by atoms with Crippen LogP contribution in [0.4, 0.5) is 0 Å². The van der Waals surface area contributed by atoms with Gasteiger partial charge in [0, 0.05) is 16.7 Å². The van der Waals surface area contributed by atoms with Crippen molar-refractivity contribution >= 4 is 23.4 Å². The second-order valence-corrected chi connectivity index (χ2v) is 5.55. The van der Waals surface area contributed by atoms with Gasteiger partial charge in [-0.05, 0) is 37.6 Å². The number of aryl methyl sites for hydroxylation is 1. The van der Waals surface area contributed by atoms with E-state index in [9.17, 15) is 0 Å². The maximum Gasteiger partial charge on any atom is 0.0736 e. The lowest BCUT2D eigenvalue weighted by Crippen LogP contribution is -2.25. The molecule has 0 aromatic heterocycles. The van der Waals surface area contributed by atoms with Crippen LogP contribution in [0.15, 0.2) is 23.1 Å². The van der Waals surface area contributed by atoms with Gasteiger partial charge in [-0.3, -0.25) is 0 Å². The number of thioether (sulfide) groups is 1. The first-order chi connectivity index (χ1) is 7.22. The molecule has 0 fully saturated rings. The van der Waals surface area contributed by atoms with Gasteiger partial charge in [-0.2, -0.15) is 0 Å². The van der Waals surface area contributed by atoms with E-state index in [-0.39, 0.29) is 5.38 Å². The van der Waals surface area contributed by atoms with Gasteiger partial charge in [-0.1, -0.05) is 12.1 Å². The van der Waals surface area contributed by atoms with Crippen molar-refractivity contribution in [3.63, 3.8) is 0 Å². The lowest BCUT2D eigenvalue weighted by Gasteiger charge is -2.18. The summed E-state index contributed by atoms with van der Waals surface area (Å²) in [6.07, 6.45) is 1.20. The van der Waals surface area contributed by atoms with Crippen LogP contribution in [-0.2, 0) is 6.42 Å². The summed E-state index contributed by atoms with van der Waals surface area (Å²) < 4.78 is 0. The second kappa shape index (κ2) is 4.77. The fraction of sp³-hybridized carbons (Fsp3) is 0.500. The fourth-order valence-electron chi connectivity index (χ4n) is 1.79. The van der Waals surface area contributed by atoms with Gasteiger partial charge >= 0.3 is 0 Å². The molecule has 0 bridgehead atoms. The monoisotopic (exact) mass is 241 g/mol. The molecule has 2 atom stereocenters. The first kappa shape index (κ1) is 11.3. The molecule has 0 aliphatic carbocycles. The molecule has 1 nitrogen and oxygen atoms in total. The molecule has 1 aliphatic heterocycles. The van der Waals surface area contributed by atoms with Crippen molar-refractivity contribution in [2.75, 3.05) is 12.8 Å². The van der Waals surface area contributed by atoms with Crippen LogP contribution < -0.4 is 5.32 Å². The maximum atomic E-state index is 6.39. The molecule has 0 saturated heterocycles. The van der Waals surface area contributed by atoms with Gasteiger partial charge in [-0.25, -0.2) is 0 Å². The Hall–Kier alpha value is -0.180. The largest absolute Gasteiger partial charge is 0.315 e. The number of benzene rings is 1. The van der Waals surface area contributed by atoms with Crippen LogP contribution in [0, 0.1) is 0 Å². The number of alkyl halides is 1. The molecule has 82 valence electrons.